The van der Waals surface area contributed by atoms with Gasteiger partial charge in [-0.3, -0.25) is 4.57 Å². The Kier molecular flexibility index (Phi) is 6.92. The van der Waals surface area contributed by atoms with E-state index >= 15 is 0 Å². The monoisotopic (exact) mass is 520 g/mol. The van der Waals surface area contributed by atoms with Crippen molar-refractivity contribution in [2.45, 2.75) is 83.7 Å². The lowest BCUT2D eigenvalue weighted by atomic mass is 9.87. The maximum atomic E-state index is 6.37. The first-order valence-electron chi connectivity index (χ1n) is 13.7. The number of aryl methyl sites for hydroxylation is 2. The van der Waals surface area contributed by atoms with Crippen LogP contribution in [-0.2, 0) is 24.8 Å². The van der Waals surface area contributed by atoms with Gasteiger partial charge in [0.2, 0.25) is 11.8 Å². The van der Waals surface area contributed by atoms with Crippen molar-refractivity contribution in [3.63, 3.8) is 0 Å². The van der Waals surface area contributed by atoms with E-state index in [-0.39, 0.29) is 12.3 Å². The molecule has 0 bridgehead atoms. The lowest BCUT2D eigenvalue weighted by Gasteiger charge is -2.27. The fourth-order valence-corrected chi connectivity index (χ4v) is 5.34. The molecular weight excluding hydrogens is 484 g/mol. The molecule has 1 saturated heterocycles. The zero-order chi connectivity index (χ0) is 26.1. The molecule has 1 aliphatic heterocycles. The molecule has 2 atom stereocenters. The minimum Gasteiger partial charge on any atom is -0.365 e. The van der Waals surface area contributed by atoms with E-state index in [1.807, 2.05) is 42.0 Å². The van der Waals surface area contributed by atoms with Crippen LogP contribution in [0.5, 0.6) is 0 Å². The summed E-state index contributed by atoms with van der Waals surface area (Å²) in [5.41, 5.74) is 2.55. The lowest BCUT2D eigenvalue weighted by molar-refractivity contribution is -0.000967. The van der Waals surface area contributed by atoms with Gasteiger partial charge in [-0.05, 0) is 56.6 Å². The smallest absolute Gasteiger partial charge is 0.226 e. The second kappa shape index (κ2) is 10.6. The van der Waals surface area contributed by atoms with Crippen molar-refractivity contribution in [3.05, 3.63) is 30.4 Å². The van der Waals surface area contributed by atoms with Crippen LogP contribution in [0, 0.1) is 5.92 Å². The fourth-order valence-electron chi connectivity index (χ4n) is 5.34. The van der Waals surface area contributed by atoms with Gasteiger partial charge in [-0.15, -0.1) is 10.2 Å². The third-order valence-electron chi connectivity index (χ3n) is 7.55. The molecule has 0 radical (unpaired) electrons. The quantitative estimate of drug-likeness (QED) is 0.338. The Morgan fingerprint density at radius 1 is 1.05 bits per heavy atom. The van der Waals surface area contributed by atoms with Crippen LogP contribution in [0.25, 0.3) is 11.2 Å². The molecule has 1 saturated carbocycles. The predicted molar refractivity (Wildman–Crippen MR) is 141 cm³/mol. The molecule has 4 aromatic rings. The summed E-state index contributed by atoms with van der Waals surface area (Å²) in [4.78, 5) is 20.5. The van der Waals surface area contributed by atoms with Crippen LogP contribution in [0.4, 0.5) is 11.8 Å². The number of imidazole rings is 2. The largest absolute Gasteiger partial charge is 0.365 e. The van der Waals surface area contributed by atoms with E-state index in [1.165, 1.54) is 12.8 Å². The summed E-state index contributed by atoms with van der Waals surface area (Å²) >= 11 is 0. The second-order valence-corrected chi connectivity index (χ2v) is 10.5. The number of fused-ring (bicyclic) bond motifs is 1. The molecule has 38 heavy (non-hydrogen) atoms. The van der Waals surface area contributed by atoms with Crippen molar-refractivity contribution in [2.75, 3.05) is 17.2 Å². The first kappa shape index (κ1) is 24.7. The zero-order valence-corrected chi connectivity index (χ0v) is 22.3. The van der Waals surface area contributed by atoms with Crippen molar-refractivity contribution < 1.29 is 4.74 Å². The van der Waals surface area contributed by atoms with Crippen molar-refractivity contribution >= 4 is 22.9 Å². The summed E-state index contributed by atoms with van der Waals surface area (Å²) in [6, 6.07) is 0.384. The molecule has 1 aliphatic carbocycles. The van der Waals surface area contributed by atoms with Crippen LogP contribution in [0.2, 0.25) is 0 Å². The van der Waals surface area contributed by atoms with Gasteiger partial charge in [0.05, 0.1) is 24.9 Å². The van der Waals surface area contributed by atoms with Gasteiger partial charge in [-0.1, -0.05) is 6.92 Å². The van der Waals surface area contributed by atoms with Crippen LogP contribution in [-0.4, -0.2) is 61.9 Å². The number of nitrogens with zero attached hydrogens (tertiary/aromatic N) is 10. The topological polar surface area (TPSA) is 138 Å². The molecule has 13 heteroatoms. The molecule has 202 valence electrons. The number of hydrogen-bond acceptors (Lipinski definition) is 10. The molecule has 13 nitrogen and oxygen atoms in total. The van der Waals surface area contributed by atoms with Gasteiger partial charge in [0.25, 0.3) is 0 Å². The van der Waals surface area contributed by atoms with Crippen LogP contribution >= 0.6 is 0 Å². The van der Waals surface area contributed by atoms with Gasteiger partial charge >= 0.3 is 0 Å². The summed E-state index contributed by atoms with van der Waals surface area (Å²) in [5.74, 6) is 2.75. The maximum Gasteiger partial charge on any atom is 0.226 e. The molecular formula is C25H36N12O. The van der Waals surface area contributed by atoms with Gasteiger partial charge in [0.1, 0.15) is 12.3 Å². The number of rotatable bonds is 9. The van der Waals surface area contributed by atoms with Gasteiger partial charge in [0.15, 0.2) is 17.0 Å². The Hall–Kier alpha value is -3.61. The number of tetrazole rings is 1. The Labute approximate surface area is 221 Å². The summed E-state index contributed by atoms with van der Waals surface area (Å²) in [5, 5.41) is 19.8. The molecule has 0 aromatic carbocycles. The highest BCUT2D eigenvalue weighted by Gasteiger charge is 2.32. The summed E-state index contributed by atoms with van der Waals surface area (Å²) < 4.78 is 10.3. The van der Waals surface area contributed by atoms with Gasteiger partial charge in [0, 0.05) is 32.3 Å². The minimum atomic E-state index is -0.210. The second-order valence-electron chi connectivity index (χ2n) is 10.5. The average Bonchev–Trinajstić information content (AvgIpc) is 3.72. The number of nitrogens with one attached hydrogen (secondary N) is 2. The number of anilines is 2. The summed E-state index contributed by atoms with van der Waals surface area (Å²) in [7, 11) is 1.98. The van der Waals surface area contributed by atoms with E-state index < -0.39 is 0 Å². The van der Waals surface area contributed by atoms with Crippen LogP contribution in [0.15, 0.2) is 18.9 Å². The van der Waals surface area contributed by atoms with Crippen LogP contribution in [0.1, 0.15) is 76.2 Å². The SMILES string of the molecule is CCn1nnc(C2CCC(n3cnc4c(NC5CCC(C)CC5)nc(NCCc5cn(C)cn5)nc43)O2)n1. The Bertz CT molecular complexity index is 1370. The third-order valence-corrected chi connectivity index (χ3v) is 7.55. The van der Waals surface area contributed by atoms with E-state index in [2.05, 4.69) is 38.0 Å². The van der Waals surface area contributed by atoms with Crippen LogP contribution < -0.4 is 10.6 Å². The molecule has 0 spiro atoms. The number of ether oxygens (including phenoxy) is 1. The fraction of sp³-hybridized carbons (Fsp3) is 0.640. The molecule has 2 aliphatic rings. The van der Waals surface area contributed by atoms with E-state index in [0.29, 0.717) is 30.9 Å². The van der Waals surface area contributed by atoms with Crippen molar-refractivity contribution in [1.82, 2.24) is 49.3 Å². The molecule has 0 amide bonds. The highest BCUT2D eigenvalue weighted by atomic mass is 16.5. The third kappa shape index (κ3) is 5.19. The average molecular weight is 521 g/mol. The van der Waals surface area contributed by atoms with Crippen LogP contribution in [0.3, 0.4) is 0 Å². The maximum absolute atomic E-state index is 6.37. The van der Waals surface area contributed by atoms with Gasteiger partial charge in [-0.2, -0.15) is 14.8 Å². The molecule has 4 aromatic heterocycles. The lowest BCUT2D eigenvalue weighted by Crippen LogP contribution is -2.26. The normalized spacial score (nSPS) is 23.8. The van der Waals surface area contributed by atoms with Gasteiger partial charge < -0.3 is 19.9 Å². The number of aromatic nitrogens is 10. The Morgan fingerprint density at radius 3 is 2.68 bits per heavy atom. The summed E-state index contributed by atoms with van der Waals surface area (Å²) in [6.45, 7) is 5.68. The molecule has 5 heterocycles. The highest BCUT2D eigenvalue weighted by molar-refractivity contribution is 5.84. The number of hydrogen-bond donors (Lipinski definition) is 2. The molecule has 2 N–H and O–H groups in total. The standard InChI is InChI=1S/C25H36N12O/c1-4-37-33-22(32-34-37)19-9-10-20(38-19)36-15-28-21-23(29-17-7-5-16(2)6-8-17)30-25(31-24(21)36)26-12-11-18-13-35(3)14-27-18/h13-17,19-20H,4-12H2,1-3H3,(H2,26,29,30,31). The molecule has 2 unspecified atom stereocenters. The minimum absolute atomic E-state index is 0.197. The molecule has 6 rings (SSSR count). The van der Waals surface area contributed by atoms with E-state index in [4.69, 9.17) is 19.7 Å². The van der Waals surface area contributed by atoms with Gasteiger partial charge in [-0.25, -0.2) is 9.97 Å². The van der Waals surface area contributed by atoms with Crippen molar-refractivity contribution in [3.8, 4) is 0 Å². The van der Waals surface area contributed by atoms with E-state index in [0.717, 1.165) is 60.7 Å². The van der Waals surface area contributed by atoms with Crippen molar-refractivity contribution in [1.29, 1.82) is 0 Å². The van der Waals surface area contributed by atoms with E-state index in [1.54, 1.807) is 4.80 Å². The first-order valence-corrected chi connectivity index (χ1v) is 13.7. The van der Waals surface area contributed by atoms with E-state index in [9.17, 15) is 0 Å². The van der Waals surface area contributed by atoms with Crippen molar-refractivity contribution in [2.24, 2.45) is 13.0 Å². The first-order chi connectivity index (χ1) is 18.6. The molecule has 2 fully saturated rings. The Morgan fingerprint density at radius 2 is 1.92 bits per heavy atom. The predicted octanol–water partition coefficient (Wildman–Crippen LogP) is 3.26. The summed E-state index contributed by atoms with van der Waals surface area (Å²) in [6.07, 6.45) is 12.4. The Balaban J connectivity index is 1.24. The highest BCUT2D eigenvalue weighted by Crippen LogP contribution is 2.38. The zero-order valence-electron chi connectivity index (χ0n) is 22.3.